The van der Waals surface area contributed by atoms with Crippen LogP contribution in [0.5, 0.6) is 0 Å². The monoisotopic (exact) mass is 337 g/mol. The van der Waals surface area contributed by atoms with E-state index in [1.165, 1.54) is 6.20 Å². The summed E-state index contributed by atoms with van der Waals surface area (Å²) in [6.07, 6.45) is 5.31. The summed E-state index contributed by atoms with van der Waals surface area (Å²) < 4.78 is 0. The number of hydrogen-bond acceptors (Lipinski definition) is 4. The van der Waals surface area contributed by atoms with Crippen LogP contribution in [0.15, 0.2) is 42.6 Å². The van der Waals surface area contributed by atoms with Gasteiger partial charge in [0.05, 0.1) is 18.3 Å². The van der Waals surface area contributed by atoms with Gasteiger partial charge in [0.2, 0.25) is 0 Å². The lowest BCUT2D eigenvalue weighted by atomic mass is 9.95. The molecule has 0 radical (unpaired) electrons. The summed E-state index contributed by atoms with van der Waals surface area (Å²) in [4.78, 5) is 30.7. The van der Waals surface area contributed by atoms with Gasteiger partial charge in [-0.3, -0.25) is 14.5 Å². The van der Waals surface area contributed by atoms with Crippen LogP contribution in [0, 0.1) is 13.3 Å². The highest BCUT2D eigenvalue weighted by atomic mass is 16.2. The fourth-order valence-corrected chi connectivity index (χ4v) is 2.97. The first-order chi connectivity index (χ1) is 12.1. The fraction of sp³-hybridized carbons (Fsp3) is 0.263. The number of benzene rings is 1. The number of nitrogen functional groups attached to an aromatic ring is 1. The topological polar surface area (TPSA) is 88.3 Å². The van der Waals surface area contributed by atoms with E-state index in [2.05, 4.69) is 16.7 Å². The second-order valence-corrected chi connectivity index (χ2v) is 6.11. The highest BCUT2D eigenvalue weighted by Crippen LogP contribution is 2.30. The van der Waals surface area contributed by atoms with Crippen molar-refractivity contribution in [3.63, 3.8) is 0 Å². The summed E-state index contributed by atoms with van der Waals surface area (Å²) in [5, 5.41) is 2.62. The zero-order valence-corrected chi connectivity index (χ0v) is 14.1. The third-order valence-electron chi connectivity index (χ3n) is 4.30. The Kier molecular flexibility index (Phi) is 4.88. The van der Waals surface area contributed by atoms with E-state index in [9.17, 15) is 9.59 Å². The number of likely N-dealkylation sites (tertiary alicyclic amines) is 1. The maximum atomic E-state index is 12.7. The minimum Gasteiger partial charge on any atom is -0.383 e. The molecule has 1 aliphatic rings. The number of carbonyl (C=O) groups excluding carboxylic acids is 2. The fourth-order valence-electron chi connectivity index (χ4n) is 2.97. The molecular formula is C19H21N4O2+. The molecule has 2 amide bonds. The Morgan fingerprint density at radius 1 is 1.32 bits per heavy atom. The number of pyridine rings is 1. The minimum absolute atomic E-state index is 0.181. The second kappa shape index (κ2) is 7.25. The molecule has 0 bridgehead atoms. The summed E-state index contributed by atoms with van der Waals surface area (Å²) >= 11 is 0. The lowest BCUT2D eigenvalue weighted by Crippen LogP contribution is -2.44. The number of carbonyl (C=O) groups is 2. The molecule has 0 spiro atoms. The Balaban J connectivity index is 1.75. The first kappa shape index (κ1) is 16.8. The number of nitrogens with one attached hydrogen (secondary N) is 1. The lowest BCUT2D eigenvalue weighted by Gasteiger charge is -2.29. The van der Waals surface area contributed by atoms with Crippen molar-refractivity contribution >= 4 is 23.3 Å². The van der Waals surface area contributed by atoms with Gasteiger partial charge in [0, 0.05) is 18.5 Å². The van der Waals surface area contributed by atoms with Gasteiger partial charge in [0.1, 0.15) is 12.2 Å². The molecule has 1 atom stereocenters. The number of aromatic nitrogens is 1. The van der Waals surface area contributed by atoms with Crippen molar-refractivity contribution in [2.45, 2.75) is 25.8 Å². The Morgan fingerprint density at radius 3 is 2.80 bits per heavy atom. The van der Waals surface area contributed by atoms with E-state index in [-0.39, 0.29) is 6.04 Å². The van der Waals surface area contributed by atoms with Gasteiger partial charge >= 0.3 is 11.8 Å². The molecule has 0 unspecified atom stereocenters. The molecule has 1 aliphatic heterocycles. The summed E-state index contributed by atoms with van der Waals surface area (Å²) in [5.41, 5.74) is 7.89. The molecule has 1 saturated heterocycles. The highest BCUT2D eigenvalue weighted by Gasteiger charge is 2.37. The van der Waals surface area contributed by atoms with Crippen LogP contribution in [-0.4, -0.2) is 28.2 Å². The van der Waals surface area contributed by atoms with Gasteiger partial charge in [0.15, 0.2) is 6.04 Å². The van der Waals surface area contributed by atoms with Crippen molar-refractivity contribution < 1.29 is 9.59 Å². The van der Waals surface area contributed by atoms with Crippen molar-refractivity contribution in [2.75, 3.05) is 17.6 Å². The number of anilines is 2. The number of aryl methyl sites for hydroxylation is 1. The minimum atomic E-state index is -0.665. The molecule has 128 valence electrons. The summed E-state index contributed by atoms with van der Waals surface area (Å²) in [5.74, 6) is -0.805. The van der Waals surface area contributed by atoms with Crippen LogP contribution < -0.4 is 11.1 Å². The maximum absolute atomic E-state index is 12.7. The van der Waals surface area contributed by atoms with E-state index in [1.54, 1.807) is 17.9 Å². The number of rotatable bonds is 2. The Bertz CT molecular complexity index is 776. The van der Waals surface area contributed by atoms with E-state index < -0.39 is 11.8 Å². The molecular weight excluding hydrogens is 316 g/mol. The van der Waals surface area contributed by atoms with Gasteiger partial charge in [-0.2, -0.15) is 0 Å². The van der Waals surface area contributed by atoms with Gasteiger partial charge in [-0.15, -0.1) is 0 Å². The zero-order chi connectivity index (χ0) is 17.8. The SMILES string of the molecule is Cc1cc(NC(=O)C(=O)N2CCC[CH+][C@@H]2c2ccccc2)cnc1N. The van der Waals surface area contributed by atoms with Crippen LogP contribution in [0.4, 0.5) is 11.5 Å². The van der Waals surface area contributed by atoms with Crippen LogP contribution in [0.25, 0.3) is 0 Å². The lowest BCUT2D eigenvalue weighted by molar-refractivity contribution is -0.145. The molecule has 1 aromatic carbocycles. The van der Waals surface area contributed by atoms with Crippen molar-refractivity contribution in [3.8, 4) is 0 Å². The molecule has 3 N–H and O–H groups in total. The summed E-state index contributed by atoms with van der Waals surface area (Å²) in [6.45, 7) is 2.35. The molecule has 2 aromatic rings. The number of piperidine rings is 1. The Hall–Kier alpha value is -3.02. The second-order valence-electron chi connectivity index (χ2n) is 6.11. The van der Waals surface area contributed by atoms with Crippen LogP contribution in [0.2, 0.25) is 0 Å². The third-order valence-corrected chi connectivity index (χ3v) is 4.30. The van der Waals surface area contributed by atoms with Gasteiger partial charge in [-0.25, -0.2) is 4.98 Å². The first-order valence-corrected chi connectivity index (χ1v) is 8.28. The van der Waals surface area contributed by atoms with E-state index in [0.717, 1.165) is 24.0 Å². The zero-order valence-electron chi connectivity index (χ0n) is 14.1. The van der Waals surface area contributed by atoms with Crippen molar-refractivity contribution in [2.24, 2.45) is 0 Å². The van der Waals surface area contributed by atoms with Gasteiger partial charge in [-0.05, 0) is 18.6 Å². The maximum Gasteiger partial charge on any atom is 0.316 e. The molecule has 6 nitrogen and oxygen atoms in total. The quantitative estimate of drug-likeness (QED) is 0.651. The Morgan fingerprint density at radius 2 is 2.08 bits per heavy atom. The third kappa shape index (κ3) is 3.74. The Labute approximate surface area is 147 Å². The van der Waals surface area contributed by atoms with Crippen LogP contribution in [-0.2, 0) is 9.59 Å². The number of hydrogen-bond donors (Lipinski definition) is 2. The first-order valence-electron chi connectivity index (χ1n) is 8.28. The predicted molar refractivity (Wildman–Crippen MR) is 96.4 cm³/mol. The van der Waals surface area contributed by atoms with Gasteiger partial charge in [-0.1, -0.05) is 30.3 Å². The van der Waals surface area contributed by atoms with Crippen LogP contribution in [0.1, 0.15) is 30.0 Å². The largest absolute Gasteiger partial charge is 0.383 e. The average Bonchev–Trinajstić information content (AvgIpc) is 2.65. The van der Waals surface area contributed by atoms with Gasteiger partial charge in [0.25, 0.3) is 0 Å². The van der Waals surface area contributed by atoms with Crippen LogP contribution in [0.3, 0.4) is 0 Å². The molecule has 25 heavy (non-hydrogen) atoms. The summed E-state index contributed by atoms with van der Waals surface area (Å²) in [7, 11) is 0. The van der Waals surface area contributed by atoms with E-state index in [0.29, 0.717) is 18.1 Å². The van der Waals surface area contributed by atoms with Crippen LogP contribution >= 0.6 is 0 Å². The molecule has 2 heterocycles. The molecule has 0 saturated carbocycles. The van der Waals surface area contributed by atoms with Crippen molar-refractivity contribution in [1.29, 1.82) is 0 Å². The molecule has 3 rings (SSSR count). The van der Waals surface area contributed by atoms with Crippen molar-refractivity contribution in [3.05, 3.63) is 60.1 Å². The normalized spacial score (nSPS) is 16.8. The predicted octanol–water partition coefficient (Wildman–Crippen LogP) is 2.48. The molecule has 0 aliphatic carbocycles. The molecule has 1 aromatic heterocycles. The number of amides is 2. The average molecular weight is 337 g/mol. The molecule has 6 heteroatoms. The smallest absolute Gasteiger partial charge is 0.316 e. The van der Waals surface area contributed by atoms with E-state index in [1.807, 2.05) is 30.3 Å². The number of nitrogens with two attached hydrogens (primary N) is 1. The van der Waals surface area contributed by atoms with Gasteiger partial charge < -0.3 is 11.1 Å². The van der Waals surface area contributed by atoms with Crippen molar-refractivity contribution in [1.82, 2.24) is 9.88 Å². The molecule has 1 fully saturated rings. The van der Waals surface area contributed by atoms with E-state index >= 15 is 0 Å². The summed E-state index contributed by atoms with van der Waals surface area (Å²) in [6, 6.07) is 11.3. The standard InChI is InChI=1S/C19H20N4O2/c1-13-11-15(12-21-17(13)20)22-18(24)19(25)23-10-6-5-9-16(23)14-7-3-2-4-8-14/h2-4,7-9,11-12,16H,5-6,10H2,1H3,(H2-,20,21,22,24,25)/p+1/t16-/m1/s1. The highest BCUT2D eigenvalue weighted by molar-refractivity contribution is 6.39. The number of nitrogens with zero attached hydrogens (tertiary/aromatic N) is 2. The van der Waals surface area contributed by atoms with E-state index in [4.69, 9.17) is 5.73 Å².